The maximum absolute atomic E-state index is 5.51. The molecule has 0 spiro atoms. The van der Waals surface area contributed by atoms with E-state index < -0.39 is 0 Å². The zero-order valence-corrected chi connectivity index (χ0v) is 14.3. The van der Waals surface area contributed by atoms with Crippen LogP contribution in [0.5, 0.6) is 5.75 Å². The summed E-state index contributed by atoms with van der Waals surface area (Å²) in [5.41, 5.74) is 5.75. The third-order valence-electron chi connectivity index (χ3n) is 5.74. The van der Waals surface area contributed by atoms with Gasteiger partial charge in [-0.05, 0) is 68.1 Å². The standard InChI is InChI=1S/C21H25NO/c1-14-6-8-15(9-7-14)20-18-5-4-12-22(2)21(18)17-11-10-16(23-3)13-19(17)20/h6-11,13,18,20-21H,4-5,12H2,1-3H3/t18-,20-,21+/m0/s1. The molecular weight excluding hydrogens is 282 g/mol. The lowest BCUT2D eigenvalue weighted by molar-refractivity contribution is 0.127. The molecule has 2 aromatic carbocycles. The molecule has 0 N–H and O–H groups in total. The monoisotopic (exact) mass is 307 g/mol. The highest BCUT2D eigenvalue weighted by atomic mass is 16.5. The topological polar surface area (TPSA) is 12.5 Å². The van der Waals surface area contributed by atoms with Gasteiger partial charge in [0.25, 0.3) is 0 Å². The SMILES string of the molecule is COc1ccc2c(c1)[C@@H](c1ccc(C)cc1)[C@@H]1CCCN(C)[C@H]21. The molecular formula is C21H25NO. The first-order valence-electron chi connectivity index (χ1n) is 8.63. The minimum Gasteiger partial charge on any atom is -0.497 e. The Morgan fingerprint density at radius 2 is 1.83 bits per heavy atom. The van der Waals surface area contributed by atoms with Crippen LogP contribution in [0.15, 0.2) is 42.5 Å². The first-order valence-corrected chi connectivity index (χ1v) is 8.63. The van der Waals surface area contributed by atoms with E-state index in [1.165, 1.54) is 41.6 Å². The second-order valence-corrected chi connectivity index (χ2v) is 7.11. The van der Waals surface area contributed by atoms with E-state index in [0.29, 0.717) is 17.9 Å². The molecule has 120 valence electrons. The molecule has 0 radical (unpaired) electrons. The normalized spacial score (nSPS) is 26.7. The molecule has 0 aromatic heterocycles. The van der Waals surface area contributed by atoms with Gasteiger partial charge in [-0.25, -0.2) is 0 Å². The Labute approximate surface area is 139 Å². The van der Waals surface area contributed by atoms with Crippen LogP contribution in [-0.2, 0) is 0 Å². The van der Waals surface area contributed by atoms with Crippen molar-refractivity contribution >= 4 is 0 Å². The highest BCUT2D eigenvalue weighted by molar-refractivity contribution is 5.50. The number of nitrogens with zero attached hydrogens (tertiary/aromatic N) is 1. The number of rotatable bonds is 2. The van der Waals surface area contributed by atoms with E-state index in [1.807, 2.05) is 0 Å². The zero-order valence-electron chi connectivity index (χ0n) is 14.3. The molecule has 0 saturated carbocycles. The van der Waals surface area contributed by atoms with Crippen LogP contribution < -0.4 is 4.74 Å². The fourth-order valence-electron chi connectivity index (χ4n) is 4.67. The molecule has 1 fully saturated rings. The third-order valence-corrected chi connectivity index (χ3v) is 5.74. The van der Waals surface area contributed by atoms with Crippen LogP contribution in [0.2, 0.25) is 0 Å². The summed E-state index contributed by atoms with van der Waals surface area (Å²) in [6.07, 6.45) is 2.61. The van der Waals surface area contributed by atoms with E-state index in [2.05, 4.69) is 61.3 Å². The summed E-state index contributed by atoms with van der Waals surface area (Å²) in [6, 6.07) is 16.4. The first-order chi connectivity index (χ1) is 11.2. The van der Waals surface area contributed by atoms with Crippen LogP contribution in [-0.4, -0.2) is 25.6 Å². The molecule has 1 saturated heterocycles. The van der Waals surface area contributed by atoms with Crippen LogP contribution in [0, 0.1) is 12.8 Å². The van der Waals surface area contributed by atoms with Crippen molar-refractivity contribution in [1.29, 1.82) is 0 Å². The maximum Gasteiger partial charge on any atom is 0.119 e. The van der Waals surface area contributed by atoms with Gasteiger partial charge in [0.1, 0.15) is 5.75 Å². The fourth-order valence-corrected chi connectivity index (χ4v) is 4.67. The molecule has 3 atom stereocenters. The number of likely N-dealkylation sites (tertiary alicyclic amines) is 1. The van der Waals surface area contributed by atoms with Gasteiger partial charge < -0.3 is 4.74 Å². The van der Waals surface area contributed by atoms with E-state index in [0.717, 1.165) is 5.75 Å². The Bertz CT molecular complexity index is 706. The molecule has 1 aliphatic heterocycles. The van der Waals surface area contributed by atoms with Gasteiger partial charge in [0, 0.05) is 12.0 Å². The van der Waals surface area contributed by atoms with E-state index >= 15 is 0 Å². The molecule has 0 unspecified atom stereocenters. The van der Waals surface area contributed by atoms with E-state index in [4.69, 9.17) is 4.74 Å². The second-order valence-electron chi connectivity index (χ2n) is 7.11. The van der Waals surface area contributed by atoms with Crippen molar-refractivity contribution < 1.29 is 4.74 Å². The third kappa shape index (κ3) is 2.36. The van der Waals surface area contributed by atoms with Crippen molar-refractivity contribution in [1.82, 2.24) is 4.90 Å². The fraction of sp³-hybridized carbons (Fsp3) is 0.429. The average Bonchev–Trinajstić information content (AvgIpc) is 2.90. The number of hydrogen-bond acceptors (Lipinski definition) is 2. The van der Waals surface area contributed by atoms with Crippen molar-refractivity contribution in [3.8, 4) is 5.75 Å². The van der Waals surface area contributed by atoms with Crippen LogP contribution in [0.4, 0.5) is 0 Å². The van der Waals surface area contributed by atoms with Crippen molar-refractivity contribution in [2.45, 2.75) is 31.7 Å². The average molecular weight is 307 g/mol. The summed E-state index contributed by atoms with van der Waals surface area (Å²) < 4.78 is 5.51. The number of methoxy groups -OCH3 is 1. The molecule has 1 heterocycles. The number of ether oxygens (including phenoxy) is 1. The van der Waals surface area contributed by atoms with Crippen molar-refractivity contribution in [3.63, 3.8) is 0 Å². The Balaban J connectivity index is 1.86. The van der Waals surface area contributed by atoms with Gasteiger partial charge in [-0.1, -0.05) is 35.9 Å². The van der Waals surface area contributed by atoms with Gasteiger partial charge in [-0.3, -0.25) is 4.90 Å². The minimum absolute atomic E-state index is 0.494. The predicted octanol–water partition coefficient (Wildman–Crippen LogP) is 4.53. The predicted molar refractivity (Wildman–Crippen MR) is 94.1 cm³/mol. The van der Waals surface area contributed by atoms with Gasteiger partial charge in [0.2, 0.25) is 0 Å². The summed E-state index contributed by atoms with van der Waals surface area (Å²) >= 11 is 0. The van der Waals surface area contributed by atoms with Crippen molar-refractivity contribution in [2.75, 3.05) is 20.7 Å². The zero-order chi connectivity index (χ0) is 16.0. The Morgan fingerprint density at radius 3 is 2.57 bits per heavy atom. The number of piperidine rings is 1. The lowest BCUT2D eigenvalue weighted by Crippen LogP contribution is -2.34. The summed E-state index contributed by atoms with van der Waals surface area (Å²) in [7, 11) is 4.04. The highest BCUT2D eigenvalue weighted by Crippen LogP contribution is 2.54. The lowest BCUT2D eigenvalue weighted by Gasteiger charge is -2.37. The van der Waals surface area contributed by atoms with Crippen LogP contribution in [0.1, 0.15) is 47.1 Å². The maximum atomic E-state index is 5.51. The first kappa shape index (κ1) is 14.8. The number of benzene rings is 2. The quantitative estimate of drug-likeness (QED) is 0.808. The molecule has 2 heteroatoms. The smallest absolute Gasteiger partial charge is 0.119 e. The number of aryl methyl sites for hydroxylation is 1. The van der Waals surface area contributed by atoms with Gasteiger partial charge in [0.15, 0.2) is 0 Å². The highest BCUT2D eigenvalue weighted by Gasteiger charge is 2.44. The number of fused-ring (bicyclic) bond motifs is 3. The molecule has 23 heavy (non-hydrogen) atoms. The van der Waals surface area contributed by atoms with E-state index in [1.54, 1.807) is 7.11 Å². The second kappa shape index (κ2) is 5.68. The Kier molecular flexibility index (Phi) is 3.65. The van der Waals surface area contributed by atoms with Crippen LogP contribution >= 0.6 is 0 Å². The van der Waals surface area contributed by atoms with E-state index in [-0.39, 0.29) is 0 Å². The largest absolute Gasteiger partial charge is 0.497 e. The summed E-state index contributed by atoms with van der Waals surface area (Å²) in [5, 5.41) is 0. The molecule has 1 aliphatic carbocycles. The Morgan fingerprint density at radius 1 is 1.04 bits per heavy atom. The molecule has 4 rings (SSSR count). The van der Waals surface area contributed by atoms with Gasteiger partial charge in [-0.15, -0.1) is 0 Å². The molecule has 0 amide bonds. The lowest BCUT2D eigenvalue weighted by atomic mass is 9.80. The summed E-state index contributed by atoms with van der Waals surface area (Å²) in [6.45, 7) is 3.36. The van der Waals surface area contributed by atoms with Crippen molar-refractivity contribution in [3.05, 3.63) is 64.7 Å². The molecule has 2 aliphatic rings. The Hall–Kier alpha value is -1.80. The van der Waals surface area contributed by atoms with Gasteiger partial charge in [-0.2, -0.15) is 0 Å². The molecule has 2 nitrogen and oxygen atoms in total. The molecule has 2 aromatic rings. The van der Waals surface area contributed by atoms with Crippen LogP contribution in [0.3, 0.4) is 0 Å². The summed E-state index contributed by atoms with van der Waals surface area (Å²) in [5.74, 6) is 2.15. The number of hydrogen-bond donors (Lipinski definition) is 0. The minimum atomic E-state index is 0.494. The van der Waals surface area contributed by atoms with Crippen LogP contribution in [0.25, 0.3) is 0 Å². The van der Waals surface area contributed by atoms with Gasteiger partial charge in [0.05, 0.1) is 7.11 Å². The van der Waals surface area contributed by atoms with Gasteiger partial charge >= 0.3 is 0 Å². The van der Waals surface area contributed by atoms with E-state index in [9.17, 15) is 0 Å². The van der Waals surface area contributed by atoms with Crippen molar-refractivity contribution in [2.24, 2.45) is 5.92 Å². The molecule has 0 bridgehead atoms. The summed E-state index contributed by atoms with van der Waals surface area (Å²) in [4.78, 5) is 2.55.